The first-order valence-corrected chi connectivity index (χ1v) is 10.5. The maximum Gasteiger partial charge on any atom is 0.258 e. The minimum absolute atomic E-state index is 0.122. The number of hydrogen-bond acceptors (Lipinski definition) is 5. The van der Waals surface area contributed by atoms with Crippen molar-refractivity contribution in [1.29, 1.82) is 0 Å². The number of benzene rings is 1. The summed E-state index contributed by atoms with van der Waals surface area (Å²) in [5.41, 5.74) is 1.16. The molecule has 0 radical (unpaired) electrons. The Balaban J connectivity index is 1.65. The van der Waals surface area contributed by atoms with Crippen LogP contribution in [0.3, 0.4) is 0 Å². The van der Waals surface area contributed by atoms with Crippen LogP contribution in [0, 0.1) is 6.92 Å². The number of aryl methyl sites for hydroxylation is 1. The van der Waals surface area contributed by atoms with Crippen molar-refractivity contribution in [3.8, 4) is 0 Å². The predicted octanol–water partition coefficient (Wildman–Crippen LogP) is 3.18. The van der Waals surface area contributed by atoms with Crippen LogP contribution in [0.1, 0.15) is 49.7 Å². The molecule has 2 aliphatic heterocycles. The molecule has 8 nitrogen and oxygen atoms in total. The molecule has 2 amide bonds. The Morgan fingerprint density at radius 1 is 1.30 bits per heavy atom. The number of fused-ring (bicyclic) bond motifs is 1. The summed E-state index contributed by atoms with van der Waals surface area (Å²) in [4.78, 5) is 47.5. The average molecular weight is 430 g/mol. The zero-order valence-corrected chi connectivity index (χ0v) is 17.7. The van der Waals surface area contributed by atoms with Crippen molar-refractivity contribution in [3.05, 3.63) is 44.7 Å². The summed E-state index contributed by atoms with van der Waals surface area (Å²) < 4.78 is 0. The molecule has 30 heavy (non-hydrogen) atoms. The number of hydrogen-bond donors (Lipinski definition) is 3. The van der Waals surface area contributed by atoms with Gasteiger partial charge in [0, 0.05) is 29.7 Å². The first kappa shape index (κ1) is 20.4. The number of amides is 2. The van der Waals surface area contributed by atoms with Gasteiger partial charge in [-0.2, -0.15) is 4.98 Å². The van der Waals surface area contributed by atoms with E-state index in [1.165, 1.54) is 0 Å². The maximum atomic E-state index is 12.9. The lowest BCUT2D eigenvalue weighted by atomic mass is 9.92. The van der Waals surface area contributed by atoms with Gasteiger partial charge in [-0.25, -0.2) is 0 Å². The number of aromatic amines is 1. The molecule has 2 atom stereocenters. The van der Waals surface area contributed by atoms with Gasteiger partial charge in [-0.1, -0.05) is 17.7 Å². The minimum atomic E-state index is -0.932. The van der Waals surface area contributed by atoms with E-state index in [9.17, 15) is 14.4 Å². The zero-order chi connectivity index (χ0) is 21.4. The summed E-state index contributed by atoms with van der Waals surface area (Å²) in [6, 6.07) is 5.40. The van der Waals surface area contributed by atoms with E-state index in [1.807, 2.05) is 11.8 Å². The zero-order valence-electron chi connectivity index (χ0n) is 16.9. The molecule has 158 valence electrons. The van der Waals surface area contributed by atoms with E-state index in [4.69, 9.17) is 11.6 Å². The molecule has 0 aliphatic carbocycles. The Hall–Kier alpha value is -2.87. The number of H-pyrrole nitrogens is 1. The first-order valence-electron chi connectivity index (χ1n) is 10.1. The summed E-state index contributed by atoms with van der Waals surface area (Å²) >= 11 is 6.13. The number of piperidine rings is 1. The van der Waals surface area contributed by atoms with E-state index in [0.29, 0.717) is 16.7 Å². The quantitative estimate of drug-likeness (QED) is 0.694. The number of halogens is 1. The van der Waals surface area contributed by atoms with Gasteiger partial charge in [-0.3, -0.25) is 19.4 Å². The second kappa shape index (κ2) is 8.10. The second-order valence-corrected chi connectivity index (χ2v) is 8.36. The Kier molecular flexibility index (Phi) is 5.51. The van der Waals surface area contributed by atoms with Crippen LogP contribution < -0.4 is 21.1 Å². The van der Waals surface area contributed by atoms with Gasteiger partial charge in [-0.05, 0) is 50.8 Å². The third kappa shape index (κ3) is 3.92. The fourth-order valence-electron chi connectivity index (χ4n) is 4.03. The highest BCUT2D eigenvalue weighted by molar-refractivity contribution is 6.31. The lowest BCUT2D eigenvalue weighted by Crippen LogP contribution is -2.41. The number of anilines is 3. The van der Waals surface area contributed by atoms with E-state index in [1.54, 1.807) is 18.2 Å². The van der Waals surface area contributed by atoms with Crippen molar-refractivity contribution in [2.75, 3.05) is 22.1 Å². The number of nitrogens with one attached hydrogen (secondary N) is 3. The van der Waals surface area contributed by atoms with Crippen LogP contribution in [0.4, 0.5) is 17.5 Å². The summed E-state index contributed by atoms with van der Waals surface area (Å²) in [6.45, 7) is 4.73. The van der Waals surface area contributed by atoms with Gasteiger partial charge in [0.25, 0.3) is 5.56 Å². The van der Waals surface area contributed by atoms with Crippen molar-refractivity contribution < 1.29 is 9.59 Å². The molecule has 4 rings (SSSR count). The number of nitrogens with zero attached hydrogens (tertiary/aromatic N) is 2. The molecule has 2 unspecified atom stereocenters. The number of rotatable bonds is 3. The monoisotopic (exact) mass is 429 g/mol. The van der Waals surface area contributed by atoms with Gasteiger partial charge < -0.3 is 15.5 Å². The van der Waals surface area contributed by atoms with Crippen LogP contribution in [0.5, 0.6) is 0 Å². The summed E-state index contributed by atoms with van der Waals surface area (Å²) in [7, 11) is 0. The molecule has 1 fully saturated rings. The van der Waals surface area contributed by atoms with Crippen molar-refractivity contribution >= 4 is 40.9 Å². The third-order valence-electron chi connectivity index (χ3n) is 5.77. The molecular weight excluding hydrogens is 406 g/mol. The van der Waals surface area contributed by atoms with Gasteiger partial charge in [0.15, 0.2) is 0 Å². The van der Waals surface area contributed by atoms with Crippen LogP contribution in [0.25, 0.3) is 0 Å². The van der Waals surface area contributed by atoms with E-state index < -0.39 is 17.4 Å². The smallest absolute Gasteiger partial charge is 0.258 e. The Labute approximate surface area is 179 Å². The number of carbonyl (C=O) groups excluding carboxylic acids is 2. The molecule has 2 aromatic rings. The predicted molar refractivity (Wildman–Crippen MR) is 116 cm³/mol. The Bertz CT molecular complexity index is 1070. The number of carbonyl (C=O) groups is 2. The Morgan fingerprint density at radius 2 is 2.10 bits per heavy atom. The average Bonchev–Trinajstić information content (AvgIpc) is 2.70. The molecule has 3 heterocycles. The lowest BCUT2D eigenvalue weighted by Gasteiger charge is -2.34. The van der Waals surface area contributed by atoms with E-state index in [2.05, 4.69) is 27.5 Å². The van der Waals surface area contributed by atoms with Crippen LogP contribution in [-0.4, -0.2) is 34.4 Å². The van der Waals surface area contributed by atoms with Crippen molar-refractivity contribution in [2.45, 2.75) is 51.5 Å². The van der Waals surface area contributed by atoms with Crippen molar-refractivity contribution in [2.24, 2.45) is 0 Å². The van der Waals surface area contributed by atoms with Gasteiger partial charge in [0.1, 0.15) is 5.82 Å². The van der Waals surface area contributed by atoms with Crippen molar-refractivity contribution in [3.63, 3.8) is 0 Å². The topological polar surface area (TPSA) is 107 Å². The highest BCUT2D eigenvalue weighted by atomic mass is 35.5. The van der Waals surface area contributed by atoms with E-state index in [0.717, 1.165) is 31.4 Å². The normalized spacial score (nSPS) is 21.0. The standard InChI is InChI=1S/C21H24ClN5O3/c1-11-6-7-13(9-15(11)22)23-19(29)14-10-16(28)24-18-17(14)20(30)26-21(25-18)27-8-4-3-5-12(27)2/h6-7,9,12,14H,3-5,8,10H2,1-2H3,(H,23,29)(H2,24,25,26,28,30). The minimum Gasteiger partial charge on any atom is -0.340 e. The van der Waals surface area contributed by atoms with Crippen LogP contribution in [0.15, 0.2) is 23.0 Å². The summed E-state index contributed by atoms with van der Waals surface area (Å²) in [6.07, 6.45) is 3.04. The number of aromatic nitrogens is 2. The Morgan fingerprint density at radius 3 is 2.83 bits per heavy atom. The van der Waals surface area contributed by atoms with Crippen molar-refractivity contribution in [1.82, 2.24) is 9.97 Å². The second-order valence-electron chi connectivity index (χ2n) is 7.95. The fourth-order valence-corrected chi connectivity index (χ4v) is 4.21. The van der Waals surface area contributed by atoms with E-state index in [-0.39, 0.29) is 29.8 Å². The van der Waals surface area contributed by atoms with Gasteiger partial charge in [0.05, 0.1) is 11.5 Å². The molecular formula is C21H24ClN5O3. The molecule has 1 aromatic carbocycles. The molecule has 2 aliphatic rings. The third-order valence-corrected chi connectivity index (χ3v) is 6.18. The molecule has 0 saturated carbocycles. The summed E-state index contributed by atoms with van der Waals surface area (Å²) in [5, 5.41) is 5.94. The van der Waals surface area contributed by atoms with Crippen LogP contribution in [-0.2, 0) is 9.59 Å². The largest absolute Gasteiger partial charge is 0.340 e. The highest BCUT2D eigenvalue weighted by Gasteiger charge is 2.35. The maximum absolute atomic E-state index is 12.9. The fraction of sp³-hybridized carbons (Fsp3) is 0.429. The first-order chi connectivity index (χ1) is 14.3. The molecule has 1 aromatic heterocycles. The molecule has 9 heteroatoms. The SMILES string of the molecule is Cc1ccc(NC(=O)C2CC(=O)Nc3nc(N4CCCCC4C)[nH]c(=O)c32)cc1Cl. The van der Waals surface area contributed by atoms with E-state index >= 15 is 0 Å². The van der Waals surface area contributed by atoms with Gasteiger partial charge in [-0.15, -0.1) is 0 Å². The highest BCUT2D eigenvalue weighted by Crippen LogP contribution is 2.31. The van der Waals surface area contributed by atoms with Crippen LogP contribution >= 0.6 is 11.6 Å². The van der Waals surface area contributed by atoms with Gasteiger partial charge >= 0.3 is 0 Å². The molecule has 0 bridgehead atoms. The summed E-state index contributed by atoms with van der Waals surface area (Å²) in [5.74, 6) is -1.14. The lowest BCUT2D eigenvalue weighted by molar-refractivity contribution is -0.123. The molecule has 1 saturated heterocycles. The molecule has 0 spiro atoms. The van der Waals surface area contributed by atoms with Crippen LogP contribution in [0.2, 0.25) is 5.02 Å². The van der Waals surface area contributed by atoms with Gasteiger partial charge in [0.2, 0.25) is 17.8 Å². The molecule has 3 N–H and O–H groups in total.